The highest BCUT2D eigenvalue weighted by atomic mass is 19.4. The minimum Gasteiger partial charge on any atom is -0.370 e. The first kappa shape index (κ1) is 19.9. The van der Waals surface area contributed by atoms with E-state index in [1.165, 1.54) is 12.3 Å². The third-order valence-electron chi connectivity index (χ3n) is 5.60. The van der Waals surface area contributed by atoms with Gasteiger partial charge in [0.2, 0.25) is 5.91 Å². The van der Waals surface area contributed by atoms with Gasteiger partial charge in [-0.25, -0.2) is 4.98 Å². The summed E-state index contributed by atoms with van der Waals surface area (Å²) in [5, 5.41) is 0. The van der Waals surface area contributed by atoms with Gasteiger partial charge in [-0.1, -0.05) is 0 Å². The third-order valence-corrected chi connectivity index (χ3v) is 5.60. The largest absolute Gasteiger partial charge is 0.433 e. The van der Waals surface area contributed by atoms with Crippen molar-refractivity contribution in [2.45, 2.75) is 38.9 Å². The summed E-state index contributed by atoms with van der Waals surface area (Å²) in [5.41, 5.74) is -0.198. The van der Waals surface area contributed by atoms with E-state index in [4.69, 9.17) is 0 Å². The van der Waals surface area contributed by atoms with Crippen molar-refractivity contribution in [2.24, 2.45) is 5.92 Å². The van der Waals surface area contributed by atoms with Crippen LogP contribution in [0.5, 0.6) is 0 Å². The first-order chi connectivity index (χ1) is 12.8. The fraction of sp³-hybridized carbons (Fsp3) is 0.684. The first-order valence-electron chi connectivity index (χ1n) is 9.56. The molecular weight excluding hydrogens is 357 g/mol. The lowest BCUT2D eigenvalue weighted by Gasteiger charge is -2.40. The summed E-state index contributed by atoms with van der Waals surface area (Å²) in [5.74, 6) is 0.234. The van der Waals surface area contributed by atoms with Crippen LogP contribution in [0.25, 0.3) is 0 Å². The van der Waals surface area contributed by atoms with Crippen molar-refractivity contribution in [3.8, 4) is 0 Å². The van der Waals surface area contributed by atoms with Crippen LogP contribution in [0.3, 0.4) is 0 Å². The average Bonchev–Trinajstić information content (AvgIpc) is 2.67. The standard InChI is InChI=1S/C19H27F3N4O/c1-14(2)24-9-11-26(12-10-24)18(27)15-5-7-25(8-6-15)16-3-4-17(23-13-16)19(20,21)22/h3-4,13-15H,5-12H2,1-2H3. The number of pyridine rings is 1. The van der Waals surface area contributed by atoms with Gasteiger partial charge in [0.25, 0.3) is 0 Å². The molecule has 5 nitrogen and oxygen atoms in total. The monoisotopic (exact) mass is 384 g/mol. The molecule has 1 aromatic rings. The molecule has 2 saturated heterocycles. The highest BCUT2D eigenvalue weighted by Gasteiger charge is 2.33. The maximum atomic E-state index is 12.8. The second kappa shape index (κ2) is 8.04. The normalized spacial score (nSPS) is 20.4. The molecule has 150 valence electrons. The molecule has 2 aliphatic heterocycles. The Morgan fingerprint density at radius 3 is 2.19 bits per heavy atom. The second-order valence-corrected chi connectivity index (χ2v) is 7.62. The van der Waals surface area contributed by atoms with Crippen LogP contribution in [0.15, 0.2) is 18.3 Å². The van der Waals surface area contributed by atoms with Gasteiger partial charge in [0.05, 0.1) is 11.9 Å². The highest BCUT2D eigenvalue weighted by Crippen LogP contribution is 2.30. The lowest BCUT2D eigenvalue weighted by molar-refractivity contribution is -0.141. The lowest BCUT2D eigenvalue weighted by atomic mass is 9.94. The fourth-order valence-corrected chi connectivity index (χ4v) is 3.84. The average molecular weight is 384 g/mol. The SMILES string of the molecule is CC(C)N1CCN(C(=O)C2CCN(c3ccc(C(F)(F)F)nc3)CC2)CC1. The van der Waals surface area contributed by atoms with Gasteiger partial charge in [-0.05, 0) is 38.8 Å². The summed E-state index contributed by atoms with van der Waals surface area (Å²) in [6.07, 6.45) is -1.69. The van der Waals surface area contributed by atoms with Crippen LogP contribution < -0.4 is 4.90 Å². The van der Waals surface area contributed by atoms with E-state index in [1.54, 1.807) is 0 Å². The fourth-order valence-electron chi connectivity index (χ4n) is 3.84. The van der Waals surface area contributed by atoms with Crippen molar-refractivity contribution in [1.29, 1.82) is 0 Å². The molecule has 0 saturated carbocycles. The number of carbonyl (C=O) groups is 1. The first-order valence-corrected chi connectivity index (χ1v) is 9.56. The molecule has 0 N–H and O–H groups in total. The van der Waals surface area contributed by atoms with Crippen LogP contribution in [-0.2, 0) is 11.0 Å². The summed E-state index contributed by atoms with van der Waals surface area (Å²) >= 11 is 0. The number of carbonyl (C=O) groups excluding carboxylic acids is 1. The van der Waals surface area contributed by atoms with Gasteiger partial charge in [-0.2, -0.15) is 13.2 Å². The van der Waals surface area contributed by atoms with Gasteiger partial charge in [0.1, 0.15) is 5.69 Å². The summed E-state index contributed by atoms with van der Waals surface area (Å²) < 4.78 is 37.9. The molecule has 0 unspecified atom stereocenters. The molecule has 8 heteroatoms. The van der Waals surface area contributed by atoms with Crippen molar-refractivity contribution in [2.75, 3.05) is 44.2 Å². The topological polar surface area (TPSA) is 39.7 Å². The van der Waals surface area contributed by atoms with Gasteiger partial charge < -0.3 is 9.80 Å². The Morgan fingerprint density at radius 1 is 1.07 bits per heavy atom. The van der Waals surface area contributed by atoms with E-state index in [-0.39, 0.29) is 11.8 Å². The van der Waals surface area contributed by atoms with Gasteiger partial charge in [0.15, 0.2) is 0 Å². The summed E-state index contributed by atoms with van der Waals surface area (Å²) in [7, 11) is 0. The number of piperidine rings is 1. The number of hydrogen-bond donors (Lipinski definition) is 0. The van der Waals surface area contributed by atoms with Gasteiger partial charge in [-0.15, -0.1) is 0 Å². The van der Waals surface area contributed by atoms with E-state index in [2.05, 4.69) is 23.7 Å². The zero-order chi connectivity index (χ0) is 19.6. The Hall–Kier alpha value is -1.83. The van der Waals surface area contributed by atoms with Gasteiger partial charge in [0, 0.05) is 51.2 Å². The lowest BCUT2D eigenvalue weighted by Crippen LogP contribution is -2.53. The van der Waals surface area contributed by atoms with E-state index >= 15 is 0 Å². The Morgan fingerprint density at radius 2 is 1.70 bits per heavy atom. The number of alkyl halides is 3. The van der Waals surface area contributed by atoms with E-state index in [0.717, 1.165) is 45.1 Å². The van der Waals surface area contributed by atoms with Gasteiger partial charge in [-0.3, -0.25) is 9.69 Å². The second-order valence-electron chi connectivity index (χ2n) is 7.62. The van der Waals surface area contributed by atoms with Crippen LogP contribution in [-0.4, -0.2) is 66.0 Å². The molecular formula is C19H27F3N4O. The maximum absolute atomic E-state index is 12.8. The van der Waals surface area contributed by atoms with E-state index in [1.807, 2.05) is 9.80 Å². The van der Waals surface area contributed by atoms with E-state index < -0.39 is 11.9 Å². The molecule has 3 heterocycles. The Kier molecular flexibility index (Phi) is 5.93. The molecule has 2 aliphatic rings. The minimum absolute atomic E-state index is 0.00857. The van der Waals surface area contributed by atoms with Crippen molar-refractivity contribution < 1.29 is 18.0 Å². The number of piperazine rings is 1. The molecule has 1 amide bonds. The Labute approximate surface area is 158 Å². The molecule has 27 heavy (non-hydrogen) atoms. The van der Waals surface area contributed by atoms with Crippen LogP contribution in [0.2, 0.25) is 0 Å². The van der Waals surface area contributed by atoms with Crippen LogP contribution in [0, 0.1) is 5.92 Å². The number of aromatic nitrogens is 1. The summed E-state index contributed by atoms with van der Waals surface area (Å²) in [6, 6.07) is 2.98. The third kappa shape index (κ3) is 4.72. The number of rotatable bonds is 3. The molecule has 0 aromatic carbocycles. The number of nitrogens with zero attached hydrogens (tertiary/aromatic N) is 4. The summed E-state index contributed by atoms with van der Waals surface area (Å²) in [6.45, 7) is 9.05. The minimum atomic E-state index is -4.42. The zero-order valence-corrected chi connectivity index (χ0v) is 15.9. The number of anilines is 1. The van der Waals surface area contributed by atoms with E-state index in [0.29, 0.717) is 24.8 Å². The van der Waals surface area contributed by atoms with Crippen molar-refractivity contribution in [3.63, 3.8) is 0 Å². The summed E-state index contributed by atoms with van der Waals surface area (Å²) in [4.78, 5) is 22.7. The Balaban J connectivity index is 1.51. The zero-order valence-electron chi connectivity index (χ0n) is 15.9. The molecule has 0 aliphatic carbocycles. The number of amides is 1. The van der Waals surface area contributed by atoms with Crippen molar-refractivity contribution in [3.05, 3.63) is 24.0 Å². The molecule has 0 atom stereocenters. The van der Waals surface area contributed by atoms with Crippen LogP contribution in [0.1, 0.15) is 32.4 Å². The van der Waals surface area contributed by atoms with Gasteiger partial charge >= 0.3 is 6.18 Å². The molecule has 0 spiro atoms. The molecule has 0 bridgehead atoms. The highest BCUT2D eigenvalue weighted by molar-refractivity contribution is 5.79. The maximum Gasteiger partial charge on any atom is 0.433 e. The molecule has 0 radical (unpaired) electrons. The molecule has 2 fully saturated rings. The van der Waals surface area contributed by atoms with Crippen LogP contribution in [0.4, 0.5) is 18.9 Å². The smallest absolute Gasteiger partial charge is 0.370 e. The Bertz CT molecular complexity index is 631. The number of halogens is 3. The van der Waals surface area contributed by atoms with Crippen LogP contribution >= 0.6 is 0 Å². The molecule has 1 aromatic heterocycles. The predicted molar refractivity (Wildman–Crippen MR) is 97.5 cm³/mol. The van der Waals surface area contributed by atoms with E-state index in [9.17, 15) is 18.0 Å². The number of hydrogen-bond acceptors (Lipinski definition) is 4. The molecule has 3 rings (SSSR count). The quantitative estimate of drug-likeness (QED) is 0.804. The predicted octanol–water partition coefficient (Wildman–Crippen LogP) is 2.87. The van der Waals surface area contributed by atoms with Crippen molar-refractivity contribution in [1.82, 2.24) is 14.8 Å². The van der Waals surface area contributed by atoms with Crippen molar-refractivity contribution >= 4 is 11.6 Å².